The molecule has 0 aliphatic carbocycles. The van der Waals surface area contributed by atoms with Gasteiger partial charge in [0.2, 0.25) is 0 Å². The SMILES string of the molecule is CC[C@@H]1COC(=O)c2cccc(n2)C(=O)OC[C@@H](CC)NC(=O)c2cccc(n2)C(=O)N1. The fourth-order valence-corrected chi connectivity index (χ4v) is 2.89. The second-order valence-electron chi connectivity index (χ2n) is 7.17. The molecule has 3 heterocycles. The highest BCUT2D eigenvalue weighted by Gasteiger charge is 2.21. The van der Waals surface area contributed by atoms with Crippen LogP contribution in [-0.2, 0) is 9.47 Å². The van der Waals surface area contributed by atoms with Crippen molar-refractivity contribution in [3.05, 3.63) is 59.2 Å². The fraction of sp³-hybridized carbons (Fsp3) is 0.364. The number of cyclic esters (lactones) is 2. The van der Waals surface area contributed by atoms with Gasteiger partial charge in [0.15, 0.2) is 0 Å². The highest BCUT2D eigenvalue weighted by atomic mass is 16.5. The quantitative estimate of drug-likeness (QED) is 0.671. The lowest BCUT2D eigenvalue weighted by atomic mass is 10.2. The maximum atomic E-state index is 12.6. The summed E-state index contributed by atoms with van der Waals surface area (Å²) in [6, 6.07) is 7.88. The Balaban J connectivity index is 1.90. The number of nitrogens with one attached hydrogen (secondary N) is 2. The molecule has 168 valence electrons. The van der Waals surface area contributed by atoms with Gasteiger partial charge in [0, 0.05) is 0 Å². The molecule has 0 spiro atoms. The Morgan fingerprint density at radius 3 is 1.50 bits per heavy atom. The van der Waals surface area contributed by atoms with Crippen molar-refractivity contribution in [2.45, 2.75) is 38.8 Å². The standard InChI is InChI=1S/C22H24N4O6/c1-3-13-11-31-21(29)17-9-6-10-18(26-17)22(30)32-12-14(4-2)24-20(28)16-8-5-7-15(25-16)19(27)23-13/h5-10,13-14H,3-4,11-12H2,1-2H3,(H,23,27)(H,24,28)/t13-,14-/m1/s1. The second-order valence-corrected chi connectivity index (χ2v) is 7.17. The number of fused-ring (bicyclic) bond motifs is 4. The van der Waals surface area contributed by atoms with Gasteiger partial charge in [-0.05, 0) is 37.1 Å². The van der Waals surface area contributed by atoms with E-state index in [-0.39, 0.29) is 36.0 Å². The normalized spacial score (nSPS) is 20.2. The predicted octanol–water partition coefficient (Wildman–Crippen LogP) is 1.52. The third-order valence-corrected chi connectivity index (χ3v) is 4.87. The van der Waals surface area contributed by atoms with Crippen molar-refractivity contribution < 1.29 is 28.7 Å². The van der Waals surface area contributed by atoms with Gasteiger partial charge in [0.25, 0.3) is 11.8 Å². The van der Waals surface area contributed by atoms with Gasteiger partial charge in [-0.25, -0.2) is 19.6 Å². The van der Waals surface area contributed by atoms with Gasteiger partial charge in [-0.15, -0.1) is 0 Å². The first-order valence-electron chi connectivity index (χ1n) is 10.3. The van der Waals surface area contributed by atoms with Gasteiger partial charge in [-0.3, -0.25) is 9.59 Å². The highest BCUT2D eigenvalue weighted by molar-refractivity contribution is 5.96. The Kier molecular flexibility index (Phi) is 7.48. The Morgan fingerprint density at radius 2 is 1.09 bits per heavy atom. The first-order chi connectivity index (χ1) is 15.4. The van der Waals surface area contributed by atoms with Gasteiger partial charge in [0.1, 0.15) is 36.0 Å². The number of rotatable bonds is 2. The van der Waals surface area contributed by atoms with E-state index in [0.717, 1.165) is 0 Å². The molecule has 0 aromatic carbocycles. The molecule has 10 heteroatoms. The van der Waals surface area contributed by atoms with E-state index in [4.69, 9.17) is 9.47 Å². The van der Waals surface area contributed by atoms with Gasteiger partial charge < -0.3 is 20.1 Å². The number of carbonyl (C=O) groups excluding carboxylic acids is 4. The lowest BCUT2D eigenvalue weighted by Crippen LogP contribution is -2.40. The van der Waals surface area contributed by atoms with Crippen molar-refractivity contribution in [3.63, 3.8) is 0 Å². The second kappa shape index (κ2) is 10.5. The van der Waals surface area contributed by atoms with Gasteiger partial charge in [-0.2, -0.15) is 0 Å². The molecular weight excluding hydrogens is 416 g/mol. The van der Waals surface area contributed by atoms with Gasteiger partial charge >= 0.3 is 11.9 Å². The summed E-state index contributed by atoms with van der Waals surface area (Å²) in [6.07, 6.45) is 0.967. The van der Waals surface area contributed by atoms with Crippen LogP contribution in [-0.4, -0.2) is 59.0 Å². The zero-order valence-electron chi connectivity index (χ0n) is 17.8. The van der Waals surface area contributed by atoms with E-state index in [0.29, 0.717) is 12.8 Å². The zero-order chi connectivity index (χ0) is 23.1. The van der Waals surface area contributed by atoms with E-state index in [2.05, 4.69) is 20.6 Å². The molecule has 0 saturated carbocycles. The molecule has 3 rings (SSSR count). The Hall–Kier alpha value is -3.82. The molecule has 1 aliphatic heterocycles. The van der Waals surface area contributed by atoms with Crippen molar-refractivity contribution in [2.24, 2.45) is 0 Å². The zero-order valence-corrected chi connectivity index (χ0v) is 17.8. The Morgan fingerprint density at radius 1 is 0.719 bits per heavy atom. The van der Waals surface area contributed by atoms with Crippen molar-refractivity contribution in [2.75, 3.05) is 13.2 Å². The number of pyridine rings is 2. The molecular formula is C22H24N4O6. The minimum atomic E-state index is -0.729. The minimum absolute atomic E-state index is 0.0531. The van der Waals surface area contributed by atoms with Crippen LogP contribution in [0.4, 0.5) is 0 Å². The molecule has 0 unspecified atom stereocenters. The van der Waals surface area contributed by atoms with Crippen LogP contribution in [0.5, 0.6) is 0 Å². The first kappa shape index (κ1) is 22.9. The molecule has 2 aromatic heterocycles. The third kappa shape index (κ3) is 5.65. The summed E-state index contributed by atoms with van der Waals surface area (Å²) >= 11 is 0. The molecule has 2 N–H and O–H groups in total. The molecule has 32 heavy (non-hydrogen) atoms. The van der Waals surface area contributed by atoms with Crippen LogP contribution in [0.1, 0.15) is 68.6 Å². The van der Waals surface area contributed by atoms with E-state index in [1.165, 1.54) is 30.3 Å². The number of aromatic nitrogens is 2. The van der Waals surface area contributed by atoms with Crippen LogP contribution in [0.2, 0.25) is 0 Å². The van der Waals surface area contributed by atoms with Gasteiger partial charge in [0.05, 0.1) is 12.1 Å². The molecule has 2 atom stereocenters. The van der Waals surface area contributed by atoms with Crippen molar-refractivity contribution in [3.8, 4) is 0 Å². The molecule has 4 bridgehead atoms. The van der Waals surface area contributed by atoms with E-state index in [9.17, 15) is 19.2 Å². The molecule has 10 nitrogen and oxygen atoms in total. The van der Waals surface area contributed by atoms with Crippen molar-refractivity contribution in [1.29, 1.82) is 0 Å². The molecule has 2 aromatic rings. The highest BCUT2D eigenvalue weighted by Crippen LogP contribution is 2.08. The number of amides is 2. The van der Waals surface area contributed by atoms with E-state index in [1.54, 1.807) is 6.07 Å². The maximum Gasteiger partial charge on any atom is 0.357 e. The van der Waals surface area contributed by atoms with Gasteiger partial charge in [-0.1, -0.05) is 26.0 Å². The summed E-state index contributed by atoms with van der Waals surface area (Å²) in [5, 5.41) is 5.49. The van der Waals surface area contributed by atoms with Crippen molar-refractivity contribution >= 4 is 23.8 Å². The van der Waals surface area contributed by atoms with Crippen LogP contribution in [0, 0.1) is 0 Å². The monoisotopic (exact) mass is 440 g/mol. The lowest BCUT2D eigenvalue weighted by molar-refractivity contribution is 0.0435. The number of esters is 2. The number of hydrogen-bond acceptors (Lipinski definition) is 8. The average molecular weight is 440 g/mol. The number of carbonyl (C=O) groups is 4. The lowest BCUT2D eigenvalue weighted by Gasteiger charge is -2.18. The van der Waals surface area contributed by atoms with E-state index < -0.39 is 35.8 Å². The van der Waals surface area contributed by atoms with E-state index >= 15 is 0 Å². The summed E-state index contributed by atoms with van der Waals surface area (Å²) in [5.41, 5.74) is -0.0114. The molecule has 1 aliphatic rings. The maximum absolute atomic E-state index is 12.6. The average Bonchev–Trinajstić information content (AvgIpc) is 2.83. The van der Waals surface area contributed by atoms with Crippen molar-refractivity contribution in [1.82, 2.24) is 20.6 Å². The smallest absolute Gasteiger partial charge is 0.357 e. The molecule has 0 saturated heterocycles. The summed E-state index contributed by atoms with van der Waals surface area (Å²) in [7, 11) is 0. The molecule has 2 amide bonds. The summed E-state index contributed by atoms with van der Waals surface area (Å²) < 4.78 is 10.5. The summed E-state index contributed by atoms with van der Waals surface area (Å²) in [5.74, 6) is -2.45. The summed E-state index contributed by atoms with van der Waals surface area (Å²) in [4.78, 5) is 58.2. The summed E-state index contributed by atoms with van der Waals surface area (Å²) in [6.45, 7) is 3.44. The topological polar surface area (TPSA) is 137 Å². The first-order valence-corrected chi connectivity index (χ1v) is 10.3. The number of ether oxygens (including phenoxy) is 2. The van der Waals surface area contributed by atoms with Crippen LogP contribution in [0.25, 0.3) is 0 Å². The minimum Gasteiger partial charge on any atom is -0.459 e. The Labute approximate surface area is 184 Å². The van der Waals surface area contributed by atoms with Crippen LogP contribution in [0.15, 0.2) is 36.4 Å². The third-order valence-electron chi connectivity index (χ3n) is 4.87. The molecule has 0 radical (unpaired) electrons. The molecule has 0 fully saturated rings. The Bertz CT molecular complexity index is 952. The number of hydrogen-bond donors (Lipinski definition) is 2. The number of nitrogens with zero attached hydrogens (tertiary/aromatic N) is 2. The largest absolute Gasteiger partial charge is 0.459 e. The van der Waals surface area contributed by atoms with Crippen LogP contribution < -0.4 is 10.6 Å². The van der Waals surface area contributed by atoms with Crippen LogP contribution >= 0.6 is 0 Å². The fourth-order valence-electron chi connectivity index (χ4n) is 2.89. The predicted molar refractivity (Wildman–Crippen MR) is 112 cm³/mol. The van der Waals surface area contributed by atoms with E-state index in [1.807, 2.05) is 13.8 Å². The van der Waals surface area contributed by atoms with Crippen LogP contribution in [0.3, 0.4) is 0 Å².